The first-order valence-corrected chi connectivity index (χ1v) is 11.7. The third kappa shape index (κ3) is 5.31. The summed E-state index contributed by atoms with van der Waals surface area (Å²) in [5, 5.41) is 3.04. The van der Waals surface area contributed by atoms with E-state index < -0.39 is 10.0 Å². The number of benzene rings is 2. The number of ether oxygens (including phenoxy) is 2. The van der Waals surface area contributed by atoms with E-state index in [1.807, 2.05) is 24.3 Å². The SMILES string of the molecule is COc1ccc(C2(CNC(=O)c3ccc(C)c(NS(C)(=O)=O)c3)CCOCC2)cc1. The number of rotatable bonds is 7. The highest BCUT2D eigenvalue weighted by Gasteiger charge is 2.35. The molecular formula is C22H28N2O5S. The van der Waals surface area contributed by atoms with Gasteiger partial charge in [-0.15, -0.1) is 0 Å². The zero-order valence-corrected chi connectivity index (χ0v) is 18.3. The molecule has 7 nitrogen and oxygen atoms in total. The lowest BCUT2D eigenvalue weighted by atomic mass is 9.74. The van der Waals surface area contributed by atoms with Crippen LogP contribution in [0.5, 0.6) is 5.75 Å². The molecule has 30 heavy (non-hydrogen) atoms. The highest BCUT2D eigenvalue weighted by molar-refractivity contribution is 7.92. The fraction of sp³-hybridized carbons (Fsp3) is 0.409. The topological polar surface area (TPSA) is 93.7 Å². The van der Waals surface area contributed by atoms with Crippen LogP contribution in [0.15, 0.2) is 42.5 Å². The molecule has 1 aliphatic rings. The molecule has 0 unspecified atom stereocenters. The number of carbonyl (C=O) groups is 1. The van der Waals surface area contributed by atoms with Crippen molar-refractivity contribution >= 4 is 21.6 Å². The molecule has 1 aliphatic heterocycles. The summed E-state index contributed by atoms with van der Waals surface area (Å²) in [7, 11) is -1.80. The quantitative estimate of drug-likeness (QED) is 0.702. The van der Waals surface area contributed by atoms with Crippen molar-refractivity contribution in [3.8, 4) is 5.75 Å². The maximum atomic E-state index is 12.9. The van der Waals surface area contributed by atoms with Crippen LogP contribution in [0, 0.1) is 6.92 Å². The molecule has 1 heterocycles. The Hall–Kier alpha value is -2.58. The number of aryl methyl sites for hydroxylation is 1. The molecule has 2 aromatic carbocycles. The van der Waals surface area contributed by atoms with Gasteiger partial charge in [0.1, 0.15) is 5.75 Å². The first kappa shape index (κ1) is 22.1. The third-order valence-electron chi connectivity index (χ3n) is 5.53. The van der Waals surface area contributed by atoms with Gasteiger partial charge in [-0.05, 0) is 55.2 Å². The molecule has 1 amide bonds. The van der Waals surface area contributed by atoms with Gasteiger partial charge in [-0.1, -0.05) is 18.2 Å². The van der Waals surface area contributed by atoms with Gasteiger partial charge in [0.15, 0.2) is 0 Å². The van der Waals surface area contributed by atoms with E-state index in [9.17, 15) is 13.2 Å². The maximum Gasteiger partial charge on any atom is 0.251 e. The van der Waals surface area contributed by atoms with Gasteiger partial charge in [0.25, 0.3) is 5.91 Å². The summed E-state index contributed by atoms with van der Waals surface area (Å²) in [6, 6.07) is 12.9. The summed E-state index contributed by atoms with van der Waals surface area (Å²) in [6.07, 6.45) is 2.69. The molecule has 0 aliphatic carbocycles. The summed E-state index contributed by atoms with van der Waals surface area (Å²) in [6.45, 7) is 3.52. The van der Waals surface area contributed by atoms with Crippen LogP contribution in [0.2, 0.25) is 0 Å². The molecule has 2 aromatic rings. The molecule has 1 fully saturated rings. The monoisotopic (exact) mass is 432 g/mol. The van der Waals surface area contributed by atoms with Gasteiger partial charge in [0.05, 0.1) is 19.1 Å². The predicted molar refractivity (Wildman–Crippen MR) is 117 cm³/mol. The number of sulfonamides is 1. The second-order valence-corrected chi connectivity index (χ2v) is 9.46. The Balaban J connectivity index is 1.78. The Labute approximate surface area is 177 Å². The third-order valence-corrected chi connectivity index (χ3v) is 6.13. The first-order valence-electron chi connectivity index (χ1n) is 9.81. The van der Waals surface area contributed by atoms with Crippen molar-refractivity contribution in [1.82, 2.24) is 5.32 Å². The standard InChI is InChI=1S/C22H28N2O5S/c1-16-4-5-17(14-20(16)24-30(3,26)27)21(25)23-15-22(10-12-29-13-11-22)18-6-8-19(28-2)9-7-18/h4-9,14,24H,10-13,15H2,1-3H3,(H,23,25). The number of methoxy groups -OCH3 is 1. The van der Waals surface area contributed by atoms with Gasteiger partial charge in [-0.2, -0.15) is 0 Å². The Morgan fingerprint density at radius 1 is 1.13 bits per heavy atom. The van der Waals surface area contributed by atoms with E-state index >= 15 is 0 Å². The fourth-order valence-electron chi connectivity index (χ4n) is 3.70. The van der Waals surface area contributed by atoms with Crippen LogP contribution in [-0.4, -0.2) is 47.4 Å². The van der Waals surface area contributed by atoms with Crippen LogP contribution in [0.1, 0.15) is 34.3 Å². The summed E-state index contributed by atoms with van der Waals surface area (Å²) < 4.78 is 36.4. The highest BCUT2D eigenvalue weighted by atomic mass is 32.2. The van der Waals surface area contributed by atoms with Gasteiger partial charge in [-0.25, -0.2) is 8.42 Å². The molecule has 1 saturated heterocycles. The van der Waals surface area contributed by atoms with E-state index in [1.54, 1.807) is 32.2 Å². The Morgan fingerprint density at radius 3 is 2.40 bits per heavy atom. The predicted octanol–water partition coefficient (Wildman–Crippen LogP) is 2.85. The molecule has 0 atom stereocenters. The zero-order valence-electron chi connectivity index (χ0n) is 17.5. The molecule has 162 valence electrons. The van der Waals surface area contributed by atoms with Gasteiger partial charge >= 0.3 is 0 Å². The number of nitrogens with one attached hydrogen (secondary N) is 2. The largest absolute Gasteiger partial charge is 0.497 e. The van der Waals surface area contributed by atoms with E-state index in [1.165, 1.54) is 0 Å². The highest BCUT2D eigenvalue weighted by Crippen LogP contribution is 2.35. The lowest BCUT2D eigenvalue weighted by molar-refractivity contribution is 0.0487. The second kappa shape index (κ2) is 9.06. The summed E-state index contributed by atoms with van der Waals surface area (Å²) in [4.78, 5) is 12.9. The number of anilines is 1. The lowest BCUT2D eigenvalue weighted by Gasteiger charge is -2.38. The van der Waals surface area contributed by atoms with E-state index in [4.69, 9.17) is 9.47 Å². The second-order valence-electron chi connectivity index (χ2n) is 7.71. The summed E-state index contributed by atoms with van der Waals surface area (Å²) >= 11 is 0. The molecule has 0 aromatic heterocycles. The molecule has 0 radical (unpaired) electrons. The number of amides is 1. The number of carbonyl (C=O) groups excluding carboxylic acids is 1. The normalized spacial score (nSPS) is 16.0. The molecular weight excluding hydrogens is 404 g/mol. The molecule has 0 saturated carbocycles. The van der Waals surface area contributed by atoms with Crippen molar-refractivity contribution in [3.05, 3.63) is 59.2 Å². The Morgan fingerprint density at radius 2 is 1.80 bits per heavy atom. The molecule has 8 heteroatoms. The lowest BCUT2D eigenvalue weighted by Crippen LogP contribution is -2.44. The summed E-state index contributed by atoms with van der Waals surface area (Å²) in [5.74, 6) is 0.543. The first-order chi connectivity index (χ1) is 14.2. The van der Waals surface area contributed by atoms with Gasteiger partial charge in [-0.3, -0.25) is 9.52 Å². The zero-order chi connectivity index (χ0) is 21.8. The van der Waals surface area contributed by atoms with Crippen LogP contribution < -0.4 is 14.8 Å². The Bertz CT molecular complexity index is 997. The van der Waals surface area contributed by atoms with E-state index in [2.05, 4.69) is 10.0 Å². The molecule has 2 N–H and O–H groups in total. The maximum absolute atomic E-state index is 12.9. The molecule has 3 rings (SSSR count). The minimum Gasteiger partial charge on any atom is -0.497 e. The van der Waals surface area contributed by atoms with E-state index in [-0.39, 0.29) is 11.3 Å². The smallest absolute Gasteiger partial charge is 0.251 e. The van der Waals surface area contributed by atoms with Gasteiger partial charge in [0, 0.05) is 30.7 Å². The summed E-state index contributed by atoms with van der Waals surface area (Å²) in [5.41, 5.74) is 2.47. The van der Waals surface area contributed by atoms with Crippen LogP contribution in [0.25, 0.3) is 0 Å². The average molecular weight is 433 g/mol. The van der Waals surface area contributed by atoms with Crippen LogP contribution in [-0.2, 0) is 20.2 Å². The number of hydrogen-bond donors (Lipinski definition) is 2. The van der Waals surface area contributed by atoms with Crippen molar-refractivity contribution in [3.63, 3.8) is 0 Å². The average Bonchev–Trinajstić information content (AvgIpc) is 2.73. The molecule has 0 spiro atoms. The van der Waals surface area contributed by atoms with Crippen LogP contribution >= 0.6 is 0 Å². The van der Waals surface area contributed by atoms with Gasteiger partial charge in [0.2, 0.25) is 10.0 Å². The fourth-order valence-corrected chi connectivity index (χ4v) is 4.32. The van der Waals surface area contributed by atoms with Crippen molar-refractivity contribution in [2.45, 2.75) is 25.2 Å². The van der Waals surface area contributed by atoms with Crippen molar-refractivity contribution in [1.29, 1.82) is 0 Å². The minimum atomic E-state index is -3.43. The van der Waals surface area contributed by atoms with Gasteiger partial charge < -0.3 is 14.8 Å². The van der Waals surface area contributed by atoms with Crippen molar-refractivity contribution < 1.29 is 22.7 Å². The van der Waals surface area contributed by atoms with Crippen molar-refractivity contribution in [2.24, 2.45) is 0 Å². The molecule has 0 bridgehead atoms. The number of hydrogen-bond acceptors (Lipinski definition) is 5. The minimum absolute atomic E-state index is 0.223. The van der Waals surface area contributed by atoms with Crippen LogP contribution in [0.3, 0.4) is 0 Å². The van der Waals surface area contributed by atoms with Crippen LogP contribution in [0.4, 0.5) is 5.69 Å². The van der Waals surface area contributed by atoms with E-state index in [0.717, 1.165) is 36.0 Å². The van der Waals surface area contributed by atoms with E-state index in [0.29, 0.717) is 31.0 Å². The Kier molecular flexibility index (Phi) is 6.67. The van der Waals surface area contributed by atoms with Crippen molar-refractivity contribution in [2.75, 3.05) is 37.8 Å².